The largest absolute Gasteiger partial charge is 0.270 e. The molecule has 1 heterocycles. The first-order valence-electron chi connectivity index (χ1n) is 7.40. The van der Waals surface area contributed by atoms with E-state index in [9.17, 15) is 14.9 Å². The van der Waals surface area contributed by atoms with Gasteiger partial charge in [0.1, 0.15) is 0 Å². The van der Waals surface area contributed by atoms with Crippen molar-refractivity contribution >= 4 is 67.6 Å². The number of hydrogen-bond donors (Lipinski definition) is 0. The molecule has 26 heavy (non-hydrogen) atoms. The van der Waals surface area contributed by atoms with Gasteiger partial charge in [0.25, 0.3) is 11.6 Å². The maximum Gasteiger partial charge on any atom is 0.270 e. The summed E-state index contributed by atoms with van der Waals surface area (Å²) in [6.45, 7) is 0. The van der Waals surface area contributed by atoms with Crippen molar-refractivity contribution in [1.29, 1.82) is 0 Å². The minimum absolute atomic E-state index is 0.0389. The lowest BCUT2D eigenvalue weighted by atomic mass is 10.2. The van der Waals surface area contributed by atoms with E-state index >= 15 is 0 Å². The van der Waals surface area contributed by atoms with Crippen LogP contribution >= 0.6 is 39.9 Å². The summed E-state index contributed by atoms with van der Waals surface area (Å²) in [7, 11) is 0. The van der Waals surface area contributed by atoms with Gasteiger partial charge in [-0.25, -0.2) is 0 Å². The molecule has 0 saturated carbocycles. The van der Waals surface area contributed by atoms with Gasteiger partial charge in [0.2, 0.25) is 0 Å². The van der Waals surface area contributed by atoms with Crippen LogP contribution in [0.4, 0.5) is 11.4 Å². The number of halogens is 1. The van der Waals surface area contributed by atoms with E-state index in [0.717, 1.165) is 10.0 Å². The molecule has 2 aromatic carbocycles. The van der Waals surface area contributed by atoms with Gasteiger partial charge in [-0.05, 0) is 42.0 Å². The van der Waals surface area contributed by atoms with Gasteiger partial charge in [0.15, 0.2) is 4.32 Å². The molecule has 1 aliphatic heterocycles. The smallest absolute Gasteiger partial charge is 0.268 e. The molecule has 130 valence electrons. The van der Waals surface area contributed by atoms with Crippen molar-refractivity contribution in [2.24, 2.45) is 0 Å². The van der Waals surface area contributed by atoms with Crippen LogP contribution in [0.1, 0.15) is 5.56 Å². The molecule has 5 nitrogen and oxygen atoms in total. The van der Waals surface area contributed by atoms with Gasteiger partial charge in [-0.3, -0.25) is 19.8 Å². The zero-order valence-corrected chi connectivity index (χ0v) is 16.4. The van der Waals surface area contributed by atoms with Gasteiger partial charge in [-0.1, -0.05) is 58.1 Å². The molecule has 0 atom stereocenters. The zero-order valence-electron chi connectivity index (χ0n) is 13.2. The number of nitrogens with zero attached hydrogens (tertiary/aromatic N) is 2. The first-order chi connectivity index (χ1) is 12.5. The normalized spacial score (nSPS) is 16.0. The average molecular weight is 447 g/mol. The summed E-state index contributed by atoms with van der Waals surface area (Å²) < 4.78 is 1.34. The van der Waals surface area contributed by atoms with Gasteiger partial charge in [-0.2, -0.15) is 0 Å². The fraction of sp³-hybridized carbons (Fsp3) is 0. The Labute approximate surface area is 167 Å². The molecule has 0 unspecified atom stereocenters. The zero-order chi connectivity index (χ0) is 18.7. The first kappa shape index (κ1) is 18.5. The van der Waals surface area contributed by atoms with E-state index in [1.54, 1.807) is 30.4 Å². The Hall–Kier alpha value is -2.29. The van der Waals surface area contributed by atoms with Crippen LogP contribution < -0.4 is 4.90 Å². The highest BCUT2D eigenvalue weighted by molar-refractivity contribution is 9.10. The summed E-state index contributed by atoms with van der Waals surface area (Å²) in [5.74, 6) is -0.175. The lowest BCUT2D eigenvalue weighted by Crippen LogP contribution is -2.27. The van der Waals surface area contributed by atoms with E-state index in [1.807, 2.05) is 24.3 Å². The number of nitro groups is 1. The average Bonchev–Trinajstić information content (AvgIpc) is 2.89. The van der Waals surface area contributed by atoms with E-state index < -0.39 is 4.92 Å². The molecule has 0 radical (unpaired) electrons. The van der Waals surface area contributed by atoms with Crippen LogP contribution in [0.5, 0.6) is 0 Å². The number of thiocarbonyl (C=S) groups is 1. The summed E-state index contributed by atoms with van der Waals surface area (Å²) in [5, 5.41) is 10.7. The monoisotopic (exact) mass is 446 g/mol. The highest BCUT2D eigenvalue weighted by atomic mass is 79.9. The molecule has 1 amide bonds. The lowest BCUT2D eigenvalue weighted by molar-refractivity contribution is -0.384. The van der Waals surface area contributed by atoms with Crippen LogP contribution in [-0.2, 0) is 4.79 Å². The molecule has 8 heteroatoms. The third kappa shape index (κ3) is 4.09. The van der Waals surface area contributed by atoms with Crippen molar-refractivity contribution in [1.82, 2.24) is 0 Å². The number of carbonyl (C=O) groups is 1. The Bertz CT molecular complexity index is 955. The quantitative estimate of drug-likeness (QED) is 0.275. The molecule has 1 aliphatic rings. The molecular formula is C18H11BrN2O3S2. The molecule has 0 bridgehead atoms. The Morgan fingerprint density at radius 3 is 2.58 bits per heavy atom. The van der Waals surface area contributed by atoms with Crippen molar-refractivity contribution < 1.29 is 9.72 Å². The van der Waals surface area contributed by atoms with Crippen LogP contribution in [0.15, 0.2) is 70.1 Å². The van der Waals surface area contributed by atoms with Gasteiger partial charge in [-0.15, -0.1) is 0 Å². The van der Waals surface area contributed by atoms with Gasteiger partial charge < -0.3 is 0 Å². The number of benzene rings is 2. The molecule has 3 rings (SSSR count). The van der Waals surface area contributed by atoms with Crippen LogP contribution in [0.3, 0.4) is 0 Å². The molecule has 0 spiro atoms. The van der Waals surface area contributed by atoms with Crippen LogP contribution in [0.25, 0.3) is 6.08 Å². The third-order valence-electron chi connectivity index (χ3n) is 3.50. The number of amides is 1. The van der Waals surface area contributed by atoms with E-state index in [4.69, 9.17) is 12.2 Å². The van der Waals surface area contributed by atoms with E-state index in [0.29, 0.717) is 14.9 Å². The van der Waals surface area contributed by atoms with E-state index in [-0.39, 0.29) is 11.6 Å². The fourth-order valence-electron chi connectivity index (χ4n) is 2.27. The third-order valence-corrected chi connectivity index (χ3v) is 5.31. The van der Waals surface area contributed by atoms with Crippen molar-refractivity contribution in [2.45, 2.75) is 0 Å². The molecule has 1 fully saturated rings. The van der Waals surface area contributed by atoms with Crippen LogP contribution in [0, 0.1) is 10.1 Å². The maximum atomic E-state index is 12.6. The predicted molar refractivity (Wildman–Crippen MR) is 112 cm³/mol. The van der Waals surface area contributed by atoms with Gasteiger partial charge in [0, 0.05) is 16.6 Å². The number of hydrogen-bond acceptors (Lipinski definition) is 5. The first-order valence-corrected chi connectivity index (χ1v) is 9.42. The molecule has 2 aromatic rings. The molecule has 0 aromatic heterocycles. The SMILES string of the molecule is O=C1/C(=C/C=C/c2ccc([N+](=O)[O-])cc2)SC(=S)N1c1cccc(Br)c1. The summed E-state index contributed by atoms with van der Waals surface area (Å²) in [6.07, 6.45) is 5.20. The number of anilines is 1. The second kappa shape index (κ2) is 7.94. The molecular weight excluding hydrogens is 436 g/mol. The number of carbonyl (C=O) groups excluding carboxylic acids is 1. The van der Waals surface area contributed by atoms with Crippen LogP contribution in [-0.4, -0.2) is 15.2 Å². The number of nitro benzene ring substituents is 1. The predicted octanol–water partition coefficient (Wildman–Crippen LogP) is 5.32. The van der Waals surface area contributed by atoms with Crippen LogP contribution in [0.2, 0.25) is 0 Å². The molecule has 1 saturated heterocycles. The number of allylic oxidation sites excluding steroid dienone is 2. The van der Waals surface area contributed by atoms with Crippen molar-refractivity contribution in [2.75, 3.05) is 4.90 Å². The Morgan fingerprint density at radius 1 is 1.19 bits per heavy atom. The van der Waals surface area contributed by atoms with E-state index in [1.165, 1.54) is 28.8 Å². The number of rotatable bonds is 4. The second-order valence-electron chi connectivity index (χ2n) is 5.23. The topological polar surface area (TPSA) is 63.4 Å². The highest BCUT2D eigenvalue weighted by Crippen LogP contribution is 2.35. The lowest BCUT2D eigenvalue weighted by Gasteiger charge is -2.14. The summed E-state index contributed by atoms with van der Waals surface area (Å²) in [4.78, 5) is 24.8. The summed E-state index contributed by atoms with van der Waals surface area (Å²) in [5.41, 5.74) is 1.55. The number of non-ortho nitro benzene ring substituents is 1. The van der Waals surface area contributed by atoms with Crippen molar-refractivity contribution in [3.63, 3.8) is 0 Å². The molecule has 0 N–H and O–H groups in total. The van der Waals surface area contributed by atoms with E-state index in [2.05, 4.69) is 15.9 Å². The Morgan fingerprint density at radius 2 is 1.92 bits per heavy atom. The fourth-order valence-corrected chi connectivity index (χ4v) is 3.91. The minimum Gasteiger partial charge on any atom is -0.268 e. The standard InChI is InChI=1S/C18H11BrN2O3S2/c19-13-4-2-5-15(11-13)20-17(22)16(26-18(20)25)6-1-3-12-7-9-14(10-8-12)21(23)24/h1-11H/b3-1+,16-6-. The van der Waals surface area contributed by atoms with Crippen molar-refractivity contribution in [3.05, 3.63) is 85.7 Å². The van der Waals surface area contributed by atoms with Crippen molar-refractivity contribution in [3.8, 4) is 0 Å². The molecule has 0 aliphatic carbocycles. The Balaban J connectivity index is 1.76. The second-order valence-corrected chi connectivity index (χ2v) is 7.82. The highest BCUT2D eigenvalue weighted by Gasteiger charge is 2.32. The maximum absolute atomic E-state index is 12.6. The number of thioether (sulfide) groups is 1. The summed E-state index contributed by atoms with van der Waals surface area (Å²) >= 11 is 9.95. The van der Waals surface area contributed by atoms with Gasteiger partial charge in [0.05, 0.1) is 15.5 Å². The van der Waals surface area contributed by atoms with Gasteiger partial charge >= 0.3 is 0 Å². The Kier molecular flexibility index (Phi) is 5.65. The minimum atomic E-state index is -0.444. The summed E-state index contributed by atoms with van der Waals surface area (Å²) in [6, 6.07) is 13.6.